The minimum atomic E-state index is 0.0437. The van der Waals surface area contributed by atoms with Gasteiger partial charge in [-0.25, -0.2) is 0 Å². The molecule has 2 heterocycles. The maximum absolute atomic E-state index is 5.55. The second-order valence-corrected chi connectivity index (χ2v) is 4.63. The van der Waals surface area contributed by atoms with E-state index >= 15 is 0 Å². The van der Waals surface area contributed by atoms with Crippen LogP contribution in [0.25, 0.3) is 0 Å². The van der Waals surface area contributed by atoms with Crippen molar-refractivity contribution >= 4 is 0 Å². The largest absolute Gasteiger partial charge is 0.492 e. The SMILES string of the molecule is COc1c2c(cc3c1OCO3)C(OC)CN(C)C2. The van der Waals surface area contributed by atoms with Gasteiger partial charge in [0.2, 0.25) is 12.5 Å². The van der Waals surface area contributed by atoms with Crippen LogP contribution in [0, 0.1) is 0 Å². The number of ether oxygens (including phenoxy) is 4. The summed E-state index contributed by atoms with van der Waals surface area (Å²) in [5.41, 5.74) is 2.26. The molecular formula is C13H17NO4. The van der Waals surface area contributed by atoms with E-state index in [4.69, 9.17) is 18.9 Å². The lowest BCUT2D eigenvalue weighted by molar-refractivity contribution is 0.0568. The summed E-state index contributed by atoms with van der Waals surface area (Å²) < 4.78 is 22.0. The van der Waals surface area contributed by atoms with Crippen LogP contribution in [0.15, 0.2) is 6.07 Å². The fourth-order valence-electron chi connectivity index (χ4n) is 2.65. The Labute approximate surface area is 106 Å². The molecule has 0 saturated heterocycles. The van der Waals surface area contributed by atoms with Crippen molar-refractivity contribution in [2.45, 2.75) is 12.6 Å². The molecule has 0 aliphatic carbocycles. The molecule has 0 amide bonds. The molecule has 0 fully saturated rings. The average molecular weight is 251 g/mol. The van der Waals surface area contributed by atoms with Crippen molar-refractivity contribution in [1.29, 1.82) is 0 Å². The lowest BCUT2D eigenvalue weighted by Gasteiger charge is -2.32. The fourth-order valence-corrected chi connectivity index (χ4v) is 2.65. The molecule has 5 heteroatoms. The van der Waals surface area contributed by atoms with Crippen LogP contribution < -0.4 is 14.2 Å². The molecule has 2 aliphatic rings. The first kappa shape index (κ1) is 11.6. The summed E-state index contributed by atoms with van der Waals surface area (Å²) in [5.74, 6) is 2.23. The van der Waals surface area contributed by atoms with Crippen LogP contribution in [0.4, 0.5) is 0 Å². The minimum absolute atomic E-state index is 0.0437. The van der Waals surface area contributed by atoms with E-state index in [1.54, 1.807) is 14.2 Å². The highest BCUT2D eigenvalue weighted by Gasteiger charge is 2.32. The van der Waals surface area contributed by atoms with E-state index in [-0.39, 0.29) is 12.9 Å². The van der Waals surface area contributed by atoms with Crippen LogP contribution in [-0.4, -0.2) is 39.5 Å². The predicted octanol–water partition coefficient (Wildman–Crippen LogP) is 1.56. The molecule has 0 saturated carbocycles. The van der Waals surface area contributed by atoms with Gasteiger partial charge in [-0.3, -0.25) is 4.90 Å². The molecule has 98 valence electrons. The van der Waals surface area contributed by atoms with Crippen LogP contribution in [0.5, 0.6) is 17.2 Å². The first-order chi connectivity index (χ1) is 8.74. The number of benzene rings is 1. The van der Waals surface area contributed by atoms with Crippen molar-refractivity contribution in [3.05, 3.63) is 17.2 Å². The number of methoxy groups -OCH3 is 2. The highest BCUT2D eigenvalue weighted by molar-refractivity contribution is 5.61. The predicted molar refractivity (Wildman–Crippen MR) is 65.2 cm³/mol. The summed E-state index contributed by atoms with van der Waals surface area (Å²) in [6, 6.07) is 2.02. The topological polar surface area (TPSA) is 40.2 Å². The van der Waals surface area contributed by atoms with Crippen molar-refractivity contribution in [3.63, 3.8) is 0 Å². The van der Waals surface area contributed by atoms with E-state index in [1.807, 2.05) is 6.07 Å². The lowest BCUT2D eigenvalue weighted by Crippen LogP contribution is -2.31. The van der Waals surface area contributed by atoms with E-state index in [1.165, 1.54) is 0 Å². The fraction of sp³-hybridized carbons (Fsp3) is 0.538. The maximum atomic E-state index is 5.55. The van der Waals surface area contributed by atoms with Crippen molar-refractivity contribution in [3.8, 4) is 17.2 Å². The van der Waals surface area contributed by atoms with Gasteiger partial charge >= 0.3 is 0 Å². The Bertz CT molecular complexity index is 475. The normalized spacial score (nSPS) is 21.8. The molecule has 1 unspecified atom stereocenters. The Morgan fingerprint density at radius 2 is 2.17 bits per heavy atom. The Balaban J connectivity index is 2.17. The molecule has 0 aromatic heterocycles. The van der Waals surface area contributed by atoms with Crippen LogP contribution in [0.3, 0.4) is 0 Å². The van der Waals surface area contributed by atoms with Crippen LogP contribution in [-0.2, 0) is 11.3 Å². The second kappa shape index (κ2) is 4.33. The van der Waals surface area contributed by atoms with Gasteiger partial charge < -0.3 is 18.9 Å². The Morgan fingerprint density at radius 3 is 2.89 bits per heavy atom. The zero-order chi connectivity index (χ0) is 12.7. The standard InChI is InChI=1S/C13H17NO4/c1-14-5-9-8(11(6-14)15-2)4-10-13(12(9)16-3)18-7-17-10/h4,11H,5-7H2,1-3H3. The molecule has 2 aliphatic heterocycles. The molecule has 1 atom stereocenters. The van der Waals surface area contributed by atoms with Crippen molar-refractivity contribution in [1.82, 2.24) is 4.90 Å². The molecule has 0 radical (unpaired) electrons. The molecule has 3 rings (SSSR count). The van der Waals surface area contributed by atoms with Gasteiger partial charge in [-0.05, 0) is 18.7 Å². The van der Waals surface area contributed by atoms with E-state index < -0.39 is 0 Å². The summed E-state index contributed by atoms with van der Waals surface area (Å²) >= 11 is 0. The highest BCUT2D eigenvalue weighted by atomic mass is 16.7. The average Bonchev–Trinajstić information content (AvgIpc) is 2.83. The molecule has 0 N–H and O–H groups in total. The summed E-state index contributed by atoms with van der Waals surface area (Å²) in [4.78, 5) is 2.21. The van der Waals surface area contributed by atoms with Gasteiger partial charge in [-0.15, -0.1) is 0 Å². The number of rotatable bonds is 2. The van der Waals surface area contributed by atoms with Crippen LogP contribution >= 0.6 is 0 Å². The zero-order valence-corrected chi connectivity index (χ0v) is 10.9. The quantitative estimate of drug-likeness (QED) is 0.797. The summed E-state index contributed by atoms with van der Waals surface area (Å²) in [6.07, 6.45) is 0.0437. The van der Waals surface area contributed by atoms with Gasteiger partial charge in [0, 0.05) is 25.8 Å². The van der Waals surface area contributed by atoms with Gasteiger partial charge in [-0.2, -0.15) is 0 Å². The zero-order valence-electron chi connectivity index (χ0n) is 10.9. The third-order valence-corrected chi connectivity index (χ3v) is 3.50. The molecule has 5 nitrogen and oxygen atoms in total. The maximum Gasteiger partial charge on any atom is 0.231 e. The minimum Gasteiger partial charge on any atom is -0.492 e. The second-order valence-electron chi connectivity index (χ2n) is 4.63. The van der Waals surface area contributed by atoms with Gasteiger partial charge in [0.25, 0.3) is 0 Å². The number of fused-ring (bicyclic) bond motifs is 2. The van der Waals surface area contributed by atoms with Crippen molar-refractivity contribution in [2.24, 2.45) is 0 Å². The van der Waals surface area contributed by atoms with Gasteiger partial charge in [-0.1, -0.05) is 0 Å². The summed E-state index contributed by atoms with van der Waals surface area (Å²) in [5, 5.41) is 0. The van der Waals surface area contributed by atoms with E-state index in [0.717, 1.165) is 35.7 Å². The first-order valence-electron chi connectivity index (χ1n) is 5.95. The van der Waals surface area contributed by atoms with Crippen LogP contribution in [0.1, 0.15) is 17.2 Å². The van der Waals surface area contributed by atoms with Crippen LogP contribution in [0.2, 0.25) is 0 Å². The smallest absolute Gasteiger partial charge is 0.231 e. The molecule has 1 aromatic carbocycles. The van der Waals surface area contributed by atoms with Gasteiger partial charge in [0.05, 0.1) is 13.2 Å². The highest BCUT2D eigenvalue weighted by Crippen LogP contribution is 2.48. The number of nitrogens with zero attached hydrogens (tertiary/aromatic N) is 1. The molecular weight excluding hydrogens is 234 g/mol. The molecule has 0 spiro atoms. The summed E-state index contributed by atoms with van der Waals surface area (Å²) in [6.45, 7) is 1.95. The van der Waals surface area contributed by atoms with E-state index in [0.29, 0.717) is 5.75 Å². The Morgan fingerprint density at radius 1 is 1.33 bits per heavy atom. The van der Waals surface area contributed by atoms with Gasteiger partial charge in [0.15, 0.2) is 11.5 Å². The van der Waals surface area contributed by atoms with Gasteiger partial charge in [0.1, 0.15) is 0 Å². The van der Waals surface area contributed by atoms with Crippen molar-refractivity contribution in [2.75, 3.05) is 34.6 Å². The lowest BCUT2D eigenvalue weighted by atomic mass is 9.95. The number of hydrogen-bond acceptors (Lipinski definition) is 5. The number of likely N-dealkylation sites (N-methyl/N-ethyl adjacent to an activating group) is 1. The third kappa shape index (κ3) is 1.62. The molecule has 0 bridgehead atoms. The molecule has 1 aromatic rings. The van der Waals surface area contributed by atoms with E-state index in [2.05, 4.69) is 11.9 Å². The van der Waals surface area contributed by atoms with E-state index in [9.17, 15) is 0 Å². The Hall–Kier alpha value is -1.46. The summed E-state index contributed by atoms with van der Waals surface area (Å²) in [7, 11) is 5.46. The first-order valence-corrected chi connectivity index (χ1v) is 5.95. The Kier molecular flexibility index (Phi) is 2.80. The monoisotopic (exact) mass is 251 g/mol. The number of hydrogen-bond donors (Lipinski definition) is 0. The van der Waals surface area contributed by atoms with Crippen molar-refractivity contribution < 1.29 is 18.9 Å². The third-order valence-electron chi connectivity index (χ3n) is 3.50. The molecule has 18 heavy (non-hydrogen) atoms.